The number of hydrogen-bond donors (Lipinski definition) is 1. The highest BCUT2D eigenvalue weighted by Gasteiger charge is 2.16. The van der Waals surface area contributed by atoms with Crippen molar-refractivity contribution in [3.05, 3.63) is 54.5 Å². The highest BCUT2D eigenvalue weighted by molar-refractivity contribution is 7.98. The van der Waals surface area contributed by atoms with Crippen LogP contribution >= 0.6 is 11.8 Å². The van der Waals surface area contributed by atoms with E-state index >= 15 is 0 Å². The lowest BCUT2D eigenvalue weighted by atomic mass is 10.2. The van der Waals surface area contributed by atoms with Gasteiger partial charge in [-0.15, -0.1) is 0 Å². The maximum absolute atomic E-state index is 12.1. The molecule has 0 saturated heterocycles. The number of benzene rings is 1. The van der Waals surface area contributed by atoms with Crippen molar-refractivity contribution < 1.29 is 9.53 Å². The molecule has 0 saturated carbocycles. The first-order valence-electron chi connectivity index (χ1n) is 7.66. The van der Waals surface area contributed by atoms with Gasteiger partial charge in [0.1, 0.15) is 11.4 Å². The lowest BCUT2D eigenvalue weighted by molar-refractivity contribution is 0.0526. The summed E-state index contributed by atoms with van der Waals surface area (Å²) in [6.45, 7) is 2.05. The van der Waals surface area contributed by atoms with Gasteiger partial charge in [0.2, 0.25) is 0 Å². The van der Waals surface area contributed by atoms with Gasteiger partial charge in [0.15, 0.2) is 5.16 Å². The minimum Gasteiger partial charge on any atom is -0.462 e. The first-order valence-corrected chi connectivity index (χ1v) is 8.89. The second-order valence-electron chi connectivity index (χ2n) is 4.96. The van der Waals surface area contributed by atoms with Gasteiger partial charge in [0.05, 0.1) is 12.3 Å². The number of hydrogen-bond acceptors (Lipinski definition) is 7. The van der Waals surface area contributed by atoms with Crippen molar-refractivity contribution in [2.45, 2.75) is 12.1 Å². The summed E-state index contributed by atoms with van der Waals surface area (Å²) in [5, 5.41) is 7.93. The van der Waals surface area contributed by atoms with Gasteiger partial charge >= 0.3 is 5.97 Å². The molecule has 0 bridgehead atoms. The van der Waals surface area contributed by atoms with Crippen LogP contribution in [-0.4, -0.2) is 38.6 Å². The lowest BCUT2D eigenvalue weighted by Gasteiger charge is -2.11. The largest absolute Gasteiger partial charge is 0.462 e. The maximum Gasteiger partial charge on any atom is 0.343 e. The van der Waals surface area contributed by atoms with E-state index < -0.39 is 5.97 Å². The van der Waals surface area contributed by atoms with Gasteiger partial charge in [0.25, 0.3) is 0 Å². The normalized spacial score (nSPS) is 10.5. The van der Waals surface area contributed by atoms with Gasteiger partial charge in [-0.1, -0.05) is 11.8 Å². The fraction of sp³-hybridized carbons (Fsp3) is 0.176. The zero-order chi connectivity index (χ0) is 17.6. The van der Waals surface area contributed by atoms with Crippen LogP contribution in [0.3, 0.4) is 0 Å². The molecule has 0 aliphatic carbocycles. The number of nitrogens with one attached hydrogen (secondary N) is 1. The van der Waals surface area contributed by atoms with Gasteiger partial charge < -0.3 is 10.1 Å². The molecule has 1 N–H and O–H groups in total. The molecule has 0 radical (unpaired) electrons. The van der Waals surface area contributed by atoms with Gasteiger partial charge in [-0.05, 0) is 43.5 Å². The van der Waals surface area contributed by atoms with E-state index in [1.165, 1.54) is 18.0 Å². The van der Waals surface area contributed by atoms with Crippen LogP contribution in [0.15, 0.2) is 54.1 Å². The molecule has 0 spiro atoms. The van der Waals surface area contributed by atoms with E-state index in [2.05, 4.69) is 20.4 Å². The number of carbonyl (C=O) groups excluding carboxylic acids is 1. The van der Waals surface area contributed by atoms with Crippen molar-refractivity contribution in [2.24, 2.45) is 0 Å². The maximum atomic E-state index is 12.1. The first-order chi connectivity index (χ1) is 12.2. The molecule has 0 aliphatic rings. The van der Waals surface area contributed by atoms with E-state index in [0.717, 1.165) is 11.4 Å². The van der Waals surface area contributed by atoms with Crippen molar-refractivity contribution in [3.63, 3.8) is 0 Å². The van der Waals surface area contributed by atoms with Crippen LogP contribution in [0.5, 0.6) is 0 Å². The molecule has 1 aromatic carbocycles. The Morgan fingerprint density at radius 1 is 1.32 bits per heavy atom. The predicted octanol–water partition coefficient (Wildman–Crippen LogP) is 3.30. The molecule has 128 valence electrons. The van der Waals surface area contributed by atoms with Crippen LogP contribution in [0.25, 0.3) is 5.69 Å². The van der Waals surface area contributed by atoms with E-state index in [1.807, 2.05) is 42.8 Å². The summed E-state index contributed by atoms with van der Waals surface area (Å²) in [6.07, 6.45) is 6.96. The van der Waals surface area contributed by atoms with E-state index in [4.69, 9.17) is 4.74 Å². The molecule has 0 fully saturated rings. The highest BCUT2D eigenvalue weighted by atomic mass is 32.2. The van der Waals surface area contributed by atoms with E-state index in [1.54, 1.807) is 17.8 Å². The van der Waals surface area contributed by atoms with Crippen LogP contribution in [0.2, 0.25) is 0 Å². The Morgan fingerprint density at radius 3 is 2.76 bits per heavy atom. The number of rotatable bonds is 6. The van der Waals surface area contributed by atoms with Crippen molar-refractivity contribution in [2.75, 3.05) is 18.2 Å². The Labute approximate surface area is 149 Å². The first kappa shape index (κ1) is 17.0. The van der Waals surface area contributed by atoms with E-state index in [0.29, 0.717) is 23.1 Å². The summed E-state index contributed by atoms with van der Waals surface area (Å²) >= 11 is 1.40. The average Bonchev–Trinajstić information content (AvgIpc) is 3.17. The summed E-state index contributed by atoms with van der Waals surface area (Å²) in [4.78, 5) is 20.6. The molecule has 0 aliphatic heterocycles. The standard InChI is InChI=1S/C17H17N5O2S/c1-3-24-16(23)14-11-18-17(25-2)21-15(14)20-12-5-7-13(8-6-12)22-10-4-9-19-22/h4-11H,3H2,1-2H3,(H,18,20,21). The monoisotopic (exact) mass is 355 g/mol. The molecule has 25 heavy (non-hydrogen) atoms. The van der Waals surface area contributed by atoms with E-state index in [9.17, 15) is 4.79 Å². The molecule has 2 aromatic heterocycles. The molecule has 0 unspecified atom stereocenters. The average molecular weight is 355 g/mol. The third-order valence-electron chi connectivity index (χ3n) is 3.34. The van der Waals surface area contributed by atoms with Crippen LogP contribution in [0, 0.1) is 0 Å². The van der Waals surface area contributed by atoms with Crippen LogP contribution < -0.4 is 5.32 Å². The highest BCUT2D eigenvalue weighted by Crippen LogP contribution is 2.22. The van der Waals surface area contributed by atoms with Crippen LogP contribution in [0.4, 0.5) is 11.5 Å². The topological polar surface area (TPSA) is 81.9 Å². The molecule has 0 amide bonds. The number of aromatic nitrogens is 4. The number of esters is 1. The summed E-state index contributed by atoms with van der Waals surface area (Å²) in [7, 11) is 0. The minimum absolute atomic E-state index is 0.293. The molecule has 0 atom stereocenters. The number of thioether (sulfide) groups is 1. The number of carbonyl (C=O) groups is 1. The van der Waals surface area contributed by atoms with E-state index in [-0.39, 0.29) is 0 Å². The second kappa shape index (κ2) is 7.80. The molecule has 8 heteroatoms. The zero-order valence-corrected chi connectivity index (χ0v) is 14.7. The summed E-state index contributed by atoms with van der Waals surface area (Å²) in [5.41, 5.74) is 2.04. The van der Waals surface area contributed by atoms with Crippen LogP contribution in [0.1, 0.15) is 17.3 Å². The van der Waals surface area contributed by atoms with Crippen LogP contribution in [-0.2, 0) is 4.74 Å². The minimum atomic E-state index is -0.453. The Kier molecular flexibility index (Phi) is 5.30. The fourth-order valence-electron chi connectivity index (χ4n) is 2.17. The van der Waals surface area contributed by atoms with Gasteiger partial charge in [-0.2, -0.15) is 5.10 Å². The second-order valence-corrected chi connectivity index (χ2v) is 5.74. The molecule has 2 heterocycles. The Bertz CT molecular complexity index is 850. The molecule has 3 rings (SSSR count). The summed E-state index contributed by atoms with van der Waals surface area (Å²) in [5.74, 6) is -0.0320. The molecule has 7 nitrogen and oxygen atoms in total. The molecule has 3 aromatic rings. The lowest BCUT2D eigenvalue weighted by Crippen LogP contribution is -2.10. The predicted molar refractivity (Wildman–Crippen MR) is 96.6 cm³/mol. The van der Waals surface area contributed by atoms with Crippen molar-refractivity contribution >= 4 is 29.2 Å². The molecular formula is C17H17N5O2S. The van der Waals surface area contributed by atoms with Crippen molar-refractivity contribution in [1.29, 1.82) is 0 Å². The van der Waals surface area contributed by atoms with Crippen molar-refractivity contribution in [1.82, 2.24) is 19.7 Å². The third-order valence-corrected chi connectivity index (χ3v) is 3.91. The van der Waals surface area contributed by atoms with Crippen molar-refractivity contribution in [3.8, 4) is 5.69 Å². The SMILES string of the molecule is CCOC(=O)c1cnc(SC)nc1Nc1ccc(-n2cccn2)cc1. The number of nitrogens with zero attached hydrogens (tertiary/aromatic N) is 4. The number of ether oxygens (including phenoxy) is 1. The Balaban J connectivity index is 1.87. The number of anilines is 2. The molecular weight excluding hydrogens is 338 g/mol. The zero-order valence-electron chi connectivity index (χ0n) is 13.8. The van der Waals surface area contributed by atoms with Gasteiger partial charge in [-0.3, -0.25) is 0 Å². The third kappa shape index (κ3) is 3.97. The summed E-state index contributed by atoms with van der Waals surface area (Å²) < 4.78 is 6.84. The van der Waals surface area contributed by atoms with Gasteiger partial charge in [-0.25, -0.2) is 19.4 Å². The smallest absolute Gasteiger partial charge is 0.343 e. The fourth-order valence-corrected chi connectivity index (χ4v) is 2.51. The summed E-state index contributed by atoms with van der Waals surface area (Å²) in [6, 6.07) is 9.51. The Hall–Kier alpha value is -2.87. The van der Waals surface area contributed by atoms with Gasteiger partial charge in [0, 0.05) is 24.3 Å². The Morgan fingerprint density at radius 2 is 2.12 bits per heavy atom. The quantitative estimate of drug-likeness (QED) is 0.413.